The van der Waals surface area contributed by atoms with Gasteiger partial charge in [-0.05, 0) is 27.3 Å². The van der Waals surface area contributed by atoms with Crippen LogP contribution in [0.2, 0.25) is 0 Å². The number of hydrogen-bond donors (Lipinski definition) is 1. The molecule has 1 atom stereocenters. The van der Waals surface area contributed by atoms with Gasteiger partial charge in [0.15, 0.2) is 9.84 Å². The Morgan fingerprint density at radius 2 is 1.95 bits per heavy atom. The molecule has 19 heavy (non-hydrogen) atoms. The molecule has 0 spiro atoms. The lowest BCUT2D eigenvalue weighted by atomic mass is 10.1. The van der Waals surface area contributed by atoms with Crippen molar-refractivity contribution < 1.29 is 18.3 Å². The Morgan fingerprint density at radius 3 is 2.37 bits per heavy atom. The van der Waals surface area contributed by atoms with E-state index in [-0.39, 0.29) is 30.0 Å². The standard InChI is InChI=1S/C12H24N2O4S/c1-12(2,16)9-13(3)7-11(15)14(4)10-5-6-19(17,18)8-10/h10,16H,5-9H2,1-4H3. The zero-order valence-corrected chi connectivity index (χ0v) is 12.9. The molecular weight excluding hydrogens is 268 g/mol. The van der Waals surface area contributed by atoms with Gasteiger partial charge in [0.2, 0.25) is 5.91 Å². The van der Waals surface area contributed by atoms with Crippen LogP contribution in [0.3, 0.4) is 0 Å². The highest BCUT2D eigenvalue weighted by molar-refractivity contribution is 7.91. The minimum Gasteiger partial charge on any atom is -0.389 e. The van der Waals surface area contributed by atoms with Crippen LogP contribution in [0, 0.1) is 0 Å². The van der Waals surface area contributed by atoms with Gasteiger partial charge in [-0.25, -0.2) is 8.42 Å². The Hall–Kier alpha value is -0.660. The monoisotopic (exact) mass is 292 g/mol. The summed E-state index contributed by atoms with van der Waals surface area (Å²) in [6, 6.07) is -0.215. The van der Waals surface area contributed by atoms with E-state index in [0.29, 0.717) is 13.0 Å². The van der Waals surface area contributed by atoms with Crippen LogP contribution in [0.4, 0.5) is 0 Å². The zero-order chi connectivity index (χ0) is 14.8. The number of carbonyl (C=O) groups excluding carboxylic acids is 1. The highest BCUT2D eigenvalue weighted by atomic mass is 32.2. The normalized spacial score (nSPS) is 22.7. The van der Waals surface area contributed by atoms with Crippen molar-refractivity contribution in [3.8, 4) is 0 Å². The van der Waals surface area contributed by atoms with Gasteiger partial charge in [0.25, 0.3) is 0 Å². The van der Waals surface area contributed by atoms with E-state index in [4.69, 9.17) is 0 Å². The molecule has 1 fully saturated rings. The summed E-state index contributed by atoms with van der Waals surface area (Å²) >= 11 is 0. The summed E-state index contributed by atoms with van der Waals surface area (Å²) in [5, 5.41) is 9.67. The zero-order valence-electron chi connectivity index (χ0n) is 12.1. The number of likely N-dealkylation sites (N-methyl/N-ethyl adjacent to an activating group) is 2. The predicted molar refractivity (Wildman–Crippen MR) is 73.6 cm³/mol. The van der Waals surface area contributed by atoms with Gasteiger partial charge in [-0.2, -0.15) is 0 Å². The largest absolute Gasteiger partial charge is 0.389 e. The van der Waals surface area contributed by atoms with Crippen LogP contribution in [0.15, 0.2) is 0 Å². The first-order valence-electron chi connectivity index (χ1n) is 6.37. The topological polar surface area (TPSA) is 77.9 Å². The summed E-state index contributed by atoms with van der Waals surface area (Å²) in [6.07, 6.45) is 0.514. The van der Waals surface area contributed by atoms with E-state index in [1.54, 1.807) is 32.8 Å². The van der Waals surface area contributed by atoms with Gasteiger partial charge >= 0.3 is 0 Å². The molecule has 0 aromatic rings. The van der Waals surface area contributed by atoms with Crippen LogP contribution < -0.4 is 0 Å². The van der Waals surface area contributed by atoms with Crippen LogP contribution >= 0.6 is 0 Å². The maximum Gasteiger partial charge on any atom is 0.236 e. The molecule has 1 amide bonds. The molecule has 0 radical (unpaired) electrons. The first kappa shape index (κ1) is 16.4. The maximum absolute atomic E-state index is 12.0. The third-order valence-corrected chi connectivity index (χ3v) is 4.96. The number of nitrogens with zero attached hydrogens (tertiary/aromatic N) is 2. The average Bonchev–Trinajstić information content (AvgIpc) is 2.54. The van der Waals surface area contributed by atoms with Crippen molar-refractivity contribution in [3.63, 3.8) is 0 Å². The van der Waals surface area contributed by atoms with Crippen molar-refractivity contribution in [1.82, 2.24) is 9.80 Å². The molecular formula is C12H24N2O4S. The Kier molecular flexibility index (Phi) is 4.97. The molecule has 1 unspecified atom stereocenters. The minimum atomic E-state index is -2.98. The third-order valence-electron chi connectivity index (χ3n) is 3.21. The fraction of sp³-hybridized carbons (Fsp3) is 0.917. The summed E-state index contributed by atoms with van der Waals surface area (Å²) < 4.78 is 22.8. The molecule has 1 saturated heterocycles. The van der Waals surface area contributed by atoms with Crippen LogP contribution in [0.5, 0.6) is 0 Å². The van der Waals surface area contributed by atoms with Crippen molar-refractivity contribution in [2.75, 3.05) is 38.7 Å². The van der Waals surface area contributed by atoms with E-state index in [1.165, 1.54) is 4.90 Å². The van der Waals surface area contributed by atoms with E-state index < -0.39 is 15.4 Å². The molecule has 112 valence electrons. The van der Waals surface area contributed by atoms with Gasteiger partial charge in [0.1, 0.15) is 0 Å². The smallest absolute Gasteiger partial charge is 0.236 e. The quantitative estimate of drug-likeness (QED) is 0.727. The highest BCUT2D eigenvalue weighted by Crippen LogP contribution is 2.16. The van der Waals surface area contributed by atoms with E-state index in [2.05, 4.69) is 0 Å². The van der Waals surface area contributed by atoms with Gasteiger partial charge in [-0.3, -0.25) is 9.69 Å². The highest BCUT2D eigenvalue weighted by Gasteiger charge is 2.33. The Bertz CT molecular complexity index is 428. The lowest BCUT2D eigenvalue weighted by molar-refractivity contribution is -0.132. The van der Waals surface area contributed by atoms with E-state index in [1.807, 2.05) is 0 Å². The molecule has 1 N–H and O–H groups in total. The Labute approximate surface area is 115 Å². The van der Waals surface area contributed by atoms with E-state index >= 15 is 0 Å². The van der Waals surface area contributed by atoms with Gasteiger partial charge < -0.3 is 10.0 Å². The van der Waals surface area contributed by atoms with Crippen molar-refractivity contribution in [3.05, 3.63) is 0 Å². The molecule has 1 aliphatic heterocycles. The molecule has 1 rings (SSSR count). The van der Waals surface area contributed by atoms with Crippen LogP contribution in [0.25, 0.3) is 0 Å². The van der Waals surface area contributed by atoms with Crippen molar-refractivity contribution in [1.29, 1.82) is 0 Å². The SMILES string of the molecule is CN(CC(=O)N(C)C1CCS(=O)(=O)C1)CC(C)(C)O. The fourth-order valence-electron chi connectivity index (χ4n) is 2.34. The number of hydrogen-bond acceptors (Lipinski definition) is 5. The third kappa shape index (κ3) is 5.46. The van der Waals surface area contributed by atoms with Gasteiger partial charge in [0.05, 0.1) is 23.7 Å². The Morgan fingerprint density at radius 1 is 1.37 bits per heavy atom. The maximum atomic E-state index is 12.0. The first-order valence-corrected chi connectivity index (χ1v) is 8.19. The molecule has 1 heterocycles. The molecule has 0 bridgehead atoms. The summed E-state index contributed by atoms with van der Waals surface area (Å²) in [4.78, 5) is 15.3. The lowest BCUT2D eigenvalue weighted by Crippen LogP contribution is -2.45. The number of sulfone groups is 1. The van der Waals surface area contributed by atoms with Gasteiger partial charge in [-0.15, -0.1) is 0 Å². The number of aliphatic hydroxyl groups is 1. The second kappa shape index (κ2) is 5.76. The molecule has 0 saturated carbocycles. The van der Waals surface area contributed by atoms with Crippen molar-refractivity contribution >= 4 is 15.7 Å². The summed E-state index contributed by atoms with van der Waals surface area (Å²) in [5.41, 5.74) is -0.857. The summed E-state index contributed by atoms with van der Waals surface area (Å²) in [6.45, 7) is 3.93. The van der Waals surface area contributed by atoms with Gasteiger partial charge in [-0.1, -0.05) is 0 Å². The van der Waals surface area contributed by atoms with E-state index in [0.717, 1.165) is 0 Å². The predicted octanol–water partition coefficient (Wildman–Crippen LogP) is -0.665. The number of carbonyl (C=O) groups is 1. The molecule has 0 aliphatic carbocycles. The molecule has 1 aliphatic rings. The minimum absolute atomic E-state index is 0.0600. The van der Waals surface area contributed by atoms with Crippen LogP contribution in [-0.4, -0.2) is 79.6 Å². The number of rotatable bonds is 5. The second-order valence-electron chi connectivity index (χ2n) is 6.05. The van der Waals surface area contributed by atoms with Crippen LogP contribution in [-0.2, 0) is 14.6 Å². The lowest BCUT2D eigenvalue weighted by Gasteiger charge is -2.29. The van der Waals surface area contributed by atoms with Gasteiger partial charge in [0, 0.05) is 19.6 Å². The molecule has 0 aromatic carbocycles. The van der Waals surface area contributed by atoms with Crippen molar-refractivity contribution in [2.45, 2.75) is 31.9 Å². The Balaban J connectivity index is 2.50. The van der Waals surface area contributed by atoms with E-state index in [9.17, 15) is 18.3 Å². The first-order chi connectivity index (χ1) is 8.50. The average molecular weight is 292 g/mol. The fourth-order valence-corrected chi connectivity index (χ4v) is 4.12. The molecule has 6 nitrogen and oxygen atoms in total. The molecule has 7 heteroatoms. The van der Waals surface area contributed by atoms with Crippen LogP contribution in [0.1, 0.15) is 20.3 Å². The summed E-state index contributed by atoms with van der Waals surface area (Å²) in [7, 11) is 0.425. The summed E-state index contributed by atoms with van der Waals surface area (Å²) in [5.74, 6) is 0.105. The number of amides is 1. The second-order valence-corrected chi connectivity index (χ2v) is 8.27. The van der Waals surface area contributed by atoms with Crippen molar-refractivity contribution in [2.24, 2.45) is 0 Å². The molecule has 0 aromatic heterocycles.